The van der Waals surface area contributed by atoms with Gasteiger partial charge in [0.15, 0.2) is 0 Å². The van der Waals surface area contributed by atoms with Gasteiger partial charge in [-0.05, 0) is 41.7 Å². The summed E-state index contributed by atoms with van der Waals surface area (Å²) in [5.41, 5.74) is 3.39. The van der Waals surface area contributed by atoms with Crippen molar-refractivity contribution in [3.8, 4) is 11.3 Å². The Hall–Kier alpha value is -4.24. The van der Waals surface area contributed by atoms with E-state index in [0.29, 0.717) is 6.42 Å². The third-order valence-corrected chi connectivity index (χ3v) is 5.83. The molecule has 3 aromatic rings. The second-order valence-electron chi connectivity index (χ2n) is 9.68. The van der Waals surface area contributed by atoms with Crippen LogP contribution in [0, 0.1) is 5.92 Å². The van der Waals surface area contributed by atoms with Crippen molar-refractivity contribution in [1.82, 2.24) is 20.9 Å². The van der Waals surface area contributed by atoms with Crippen LogP contribution in [-0.2, 0) is 27.4 Å². The minimum absolute atomic E-state index is 0.0273. The lowest BCUT2D eigenvalue weighted by molar-refractivity contribution is -0.123. The first-order valence-corrected chi connectivity index (χ1v) is 13.0. The Labute approximate surface area is 229 Å². The Morgan fingerprint density at radius 3 is 2.33 bits per heavy atom. The lowest BCUT2D eigenvalue weighted by atomic mass is 10.0. The van der Waals surface area contributed by atoms with E-state index in [0.717, 1.165) is 22.4 Å². The van der Waals surface area contributed by atoms with Gasteiger partial charge < -0.3 is 25.8 Å². The Bertz CT molecular complexity index is 1200. The highest BCUT2D eigenvalue weighted by molar-refractivity contribution is 5.85. The van der Waals surface area contributed by atoms with Crippen LogP contribution in [0.25, 0.3) is 11.3 Å². The number of aromatic nitrogens is 1. The van der Waals surface area contributed by atoms with E-state index in [4.69, 9.17) is 4.74 Å². The monoisotopic (exact) mass is 532 g/mol. The second-order valence-corrected chi connectivity index (χ2v) is 9.68. The van der Waals surface area contributed by atoms with Crippen LogP contribution >= 0.6 is 0 Å². The van der Waals surface area contributed by atoms with Crippen LogP contribution in [0.1, 0.15) is 31.4 Å². The van der Waals surface area contributed by atoms with Crippen LogP contribution in [-0.4, -0.2) is 53.2 Å². The molecule has 9 nitrogen and oxygen atoms in total. The molecule has 0 saturated carbocycles. The number of pyridine rings is 1. The van der Waals surface area contributed by atoms with Crippen molar-refractivity contribution >= 4 is 17.9 Å². The minimum atomic E-state index is -0.998. The van der Waals surface area contributed by atoms with Crippen molar-refractivity contribution in [1.29, 1.82) is 0 Å². The van der Waals surface area contributed by atoms with Gasteiger partial charge in [0, 0.05) is 24.8 Å². The Kier molecular flexibility index (Phi) is 11.5. The molecular weight excluding hydrogens is 496 g/mol. The number of aliphatic hydroxyl groups is 1. The summed E-state index contributed by atoms with van der Waals surface area (Å²) < 4.78 is 5.23. The molecule has 206 valence electrons. The Morgan fingerprint density at radius 2 is 1.62 bits per heavy atom. The average Bonchev–Trinajstić information content (AvgIpc) is 2.94. The van der Waals surface area contributed by atoms with Crippen LogP contribution in [0.3, 0.4) is 0 Å². The molecule has 1 aromatic heterocycles. The fraction of sp³-hybridized carbons (Fsp3) is 0.333. The first-order valence-electron chi connectivity index (χ1n) is 13.0. The average molecular weight is 533 g/mol. The number of amides is 3. The number of carbonyl (C=O) groups excluding carboxylic acids is 3. The van der Waals surface area contributed by atoms with Crippen molar-refractivity contribution < 1.29 is 24.2 Å². The lowest BCUT2D eigenvalue weighted by Gasteiger charge is -2.21. The lowest BCUT2D eigenvalue weighted by Crippen LogP contribution is -2.50. The molecule has 4 N–H and O–H groups in total. The van der Waals surface area contributed by atoms with Crippen molar-refractivity contribution in [3.05, 3.63) is 90.1 Å². The van der Waals surface area contributed by atoms with Crippen LogP contribution in [0.5, 0.6) is 0 Å². The summed E-state index contributed by atoms with van der Waals surface area (Å²) >= 11 is 0. The Balaban J connectivity index is 1.42. The van der Waals surface area contributed by atoms with Gasteiger partial charge >= 0.3 is 6.09 Å². The van der Waals surface area contributed by atoms with Crippen LogP contribution in [0.2, 0.25) is 0 Å². The summed E-state index contributed by atoms with van der Waals surface area (Å²) in [5, 5.41) is 18.3. The smallest absolute Gasteiger partial charge is 0.408 e. The normalized spacial score (nSPS) is 12.3. The number of nitrogens with zero attached hydrogens (tertiary/aromatic N) is 1. The standard InChI is InChI=1S/C30H36N4O5/c1-21(2)15-27(34-30(38)39-20-22-9-4-3-5-10-22)29(37)33-19-25(35)18-32-28(36)17-23-11-8-12-24(16-23)26-13-6-7-14-31-26/h3-14,16,21,25,27,35H,15,17-20H2,1-2H3,(H,32,36)(H,33,37)(H,34,38)/t25?,27-/m0/s1. The third kappa shape index (κ3) is 10.6. The highest BCUT2D eigenvalue weighted by atomic mass is 16.5. The van der Waals surface area contributed by atoms with E-state index in [1.165, 1.54) is 0 Å². The van der Waals surface area contributed by atoms with Gasteiger partial charge in [-0.15, -0.1) is 0 Å². The van der Waals surface area contributed by atoms with Gasteiger partial charge in [-0.2, -0.15) is 0 Å². The molecular formula is C30H36N4O5. The molecule has 0 spiro atoms. The summed E-state index contributed by atoms with van der Waals surface area (Å²) in [4.78, 5) is 41.8. The van der Waals surface area contributed by atoms with Gasteiger partial charge in [0.2, 0.25) is 11.8 Å². The fourth-order valence-electron chi connectivity index (χ4n) is 3.88. The van der Waals surface area contributed by atoms with Gasteiger partial charge in [0.1, 0.15) is 12.6 Å². The first-order chi connectivity index (χ1) is 18.8. The summed E-state index contributed by atoms with van der Waals surface area (Å²) in [6, 6.07) is 21.6. The summed E-state index contributed by atoms with van der Waals surface area (Å²) in [6.45, 7) is 3.86. The number of nitrogens with one attached hydrogen (secondary N) is 3. The van der Waals surface area contributed by atoms with Gasteiger partial charge in [0.05, 0.1) is 18.2 Å². The van der Waals surface area contributed by atoms with Crippen molar-refractivity contribution in [2.45, 2.75) is 45.4 Å². The molecule has 9 heteroatoms. The zero-order chi connectivity index (χ0) is 28.0. The molecule has 1 unspecified atom stereocenters. The van der Waals surface area contributed by atoms with E-state index in [1.54, 1.807) is 6.20 Å². The highest BCUT2D eigenvalue weighted by Crippen LogP contribution is 2.18. The zero-order valence-corrected chi connectivity index (χ0v) is 22.3. The number of ether oxygens (including phenoxy) is 1. The topological polar surface area (TPSA) is 130 Å². The van der Waals surface area contributed by atoms with E-state index in [-0.39, 0.29) is 37.9 Å². The van der Waals surface area contributed by atoms with E-state index < -0.39 is 24.1 Å². The van der Waals surface area contributed by atoms with Gasteiger partial charge in [-0.1, -0.05) is 68.4 Å². The Morgan fingerprint density at radius 1 is 0.897 bits per heavy atom. The predicted octanol–water partition coefficient (Wildman–Crippen LogP) is 3.23. The molecule has 0 bridgehead atoms. The van der Waals surface area contributed by atoms with Crippen molar-refractivity contribution in [2.75, 3.05) is 13.1 Å². The van der Waals surface area contributed by atoms with Crippen molar-refractivity contribution in [2.24, 2.45) is 5.92 Å². The molecule has 3 rings (SSSR count). The number of hydrogen-bond acceptors (Lipinski definition) is 6. The SMILES string of the molecule is CC(C)C[C@H](NC(=O)OCc1ccccc1)C(=O)NCC(O)CNC(=O)Cc1cccc(-c2ccccn2)c1. The molecule has 3 amide bonds. The number of hydrogen-bond donors (Lipinski definition) is 4. The largest absolute Gasteiger partial charge is 0.445 e. The maximum Gasteiger partial charge on any atom is 0.408 e. The van der Waals surface area contributed by atoms with Crippen molar-refractivity contribution in [3.63, 3.8) is 0 Å². The van der Waals surface area contributed by atoms with Gasteiger partial charge in [-0.25, -0.2) is 4.79 Å². The molecule has 0 aliphatic rings. The number of aliphatic hydroxyl groups excluding tert-OH is 1. The summed E-state index contributed by atoms with van der Waals surface area (Å²) in [6.07, 6.45) is 0.567. The maximum atomic E-state index is 12.7. The predicted molar refractivity (Wildman–Crippen MR) is 148 cm³/mol. The summed E-state index contributed by atoms with van der Waals surface area (Å²) in [5.74, 6) is -0.549. The molecule has 0 aliphatic heterocycles. The quantitative estimate of drug-likeness (QED) is 0.268. The first kappa shape index (κ1) is 29.3. The van der Waals surface area contributed by atoms with E-state index >= 15 is 0 Å². The number of alkyl carbamates (subject to hydrolysis) is 1. The van der Waals surface area contributed by atoms with Crippen LogP contribution in [0.4, 0.5) is 4.79 Å². The van der Waals surface area contributed by atoms with Gasteiger partial charge in [0.25, 0.3) is 0 Å². The fourth-order valence-corrected chi connectivity index (χ4v) is 3.88. The molecule has 2 aromatic carbocycles. The molecule has 0 aliphatic carbocycles. The number of carbonyl (C=O) groups is 3. The van der Waals surface area contributed by atoms with Crippen LogP contribution in [0.15, 0.2) is 79.0 Å². The van der Waals surface area contributed by atoms with E-state index in [1.807, 2.05) is 86.6 Å². The molecule has 39 heavy (non-hydrogen) atoms. The third-order valence-electron chi connectivity index (χ3n) is 5.83. The van der Waals surface area contributed by atoms with E-state index in [9.17, 15) is 19.5 Å². The molecule has 0 radical (unpaired) electrons. The second kappa shape index (κ2) is 15.2. The molecule has 1 heterocycles. The van der Waals surface area contributed by atoms with E-state index in [2.05, 4.69) is 20.9 Å². The zero-order valence-electron chi connectivity index (χ0n) is 22.3. The summed E-state index contributed by atoms with van der Waals surface area (Å²) in [7, 11) is 0. The highest BCUT2D eigenvalue weighted by Gasteiger charge is 2.23. The minimum Gasteiger partial charge on any atom is -0.445 e. The van der Waals surface area contributed by atoms with Crippen LogP contribution < -0.4 is 16.0 Å². The molecule has 0 fully saturated rings. The van der Waals surface area contributed by atoms with Gasteiger partial charge in [-0.3, -0.25) is 14.6 Å². The molecule has 0 saturated heterocycles. The number of benzene rings is 2. The maximum absolute atomic E-state index is 12.7. The number of rotatable bonds is 13. The molecule has 2 atom stereocenters.